The van der Waals surface area contributed by atoms with Crippen molar-refractivity contribution >= 4 is 29.4 Å². The molecule has 186 valence electrons. The Hall–Kier alpha value is -3.96. The number of anilines is 1. The highest BCUT2D eigenvalue weighted by Crippen LogP contribution is 2.35. The molecule has 1 aliphatic rings. The fourth-order valence-corrected chi connectivity index (χ4v) is 3.12. The van der Waals surface area contributed by atoms with Crippen LogP contribution in [0.3, 0.4) is 0 Å². The molecule has 0 atom stereocenters. The van der Waals surface area contributed by atoms with Gasteiger partial charge in [0.2, 0.25) is 5.82 Å². The van der Waals surface area contributed by atoms with E-state index in [-0.39, 0.29) is 47.6 Å². The van der Waals surface area contributed by atoms with Gasteiger partial charge in [-0.1, -0.05) is 6.07 Å². The summed E-state index contributed by atoms with van der Waals surface area (Å²) in [5.74, 6) is -12.4. The van der Waals surface area contributed by atoms with Gasteiger partial charge >= 0.3 is 5.97 Å². The van der Waals surface area contributed by atoms with E-state index in [9.17, 15) is 31.5 Å². The number of esters is 1. The van der Waals surface area contributed by atoms with E-state index in [2.05, 4.69) is 5.10 Å². The summed E-state index contributed by atoms with van der Waals surface area (Å²) in [4.78, 5) is 24.4. The predicted molar refractivity (Wildman–Crippen MR) is 115 cm³/mol. The number of nitrogens with zero attached hydrogens (tertiary/aromatic N) is 2. The fourth-order valence-electron chi connectivity index (χ4n) is 3.12. The van der Waals surface area contributed by atoms with Crippen LogP contribution in [0.25, 0.3) is 6.08 Å². The van der Waals surface area contributed by atoms with Gasteiger partial charge < -0.3 is 14.2 Å². The van der Waals surface area contributed by atoms with Crippen LogP contribution < -0.4 is 14.5 Å². The summed E-state index contributed by atoms with van der Waals surface area (Å²) in [7, 11) is 0. The highest BCUT2D eigenvalue weighted by molar-refractivity contribution is 6.32. The zero-order valence-corrected chi connectivity index (χ0v) is 18.8. The third-order valence-corrected chi connectivity index (χ3v) is 4.69. The maximum Gasteiger partial charge on any atom is 0.344 e. The normalized spacial score (nSPS) is 14.4. The van der Waals surface area contributed by atoms with E-state index in [1.54, 1.807) is 13.8 Å². The lowest BCUT2D eigenvalue weighted by Crippen LogP contribution is -2.25. The van der Waals surface area contributed by atoms with E-state index in [4.69, 9.17) is 14.2 Å². The Morgan fingerprint density at radius 2 is 1.57 bits per heavy atom. The Bertz CT molecular complexity index is 1220. The van der Waals surface area contributed by atoms with Gasteiger partial charge in [0.25, 0.3) is 5.91 Å². The number of carbonyl (C=O) groups is 2. The van der Waals surface area contributed by atoms with Gasteiger partial charge in [0.15, 0.2) is 41.4 Å². The Morgan fingerprint density at radius 3 is 2.17 bits per heavy atom. The molecule has 0 saturated heterocycles. The molecular formula is C23H19F5N2O5. The molecule has 0 N–H and O–H groups in total. The third kappa shape index (κ3) is 5.10. The molecule has 0 aromatic heterocycles. The van der Waals surface area contributed by atoms with Crippen molar-refractivity contribution in [2.24, 2.45) is 5.10 Å². The molecular weight excluding hydrogens is 479 g/mol. The number of rotatable bonds is 8. The number of amides is 1. The van der Waals surface area contributed by atoms with E-state index in [1.165, 1.54) is 31.2 Å². The monoisotopic (exact) mass is 498 g/mol. The zero-order valence-electron chi connectivity index (χ0n) is 18.8. The van der Waals surface area contributed by atoms with Crippen molar-refractivity contribution < 1.29 is 45.8 Å². The lowest BCUT2D eigenvalue weighted by molar-refractivity contribution is -0.145. The molecule has 3 rings (SSSR count). The largest absolute Gasteiger partial charge is 0.490 e. The minimum Gasteiger partial charge on any atom is -0.490 e. The number of benzene rings is 2. The minimum absolute atomic E-state index is 0.0282. The number of hydrazone groups is 1. The molecule has 0 saturated carbocycles. The summed E-state index contributed by atoms with van der Waals surface area (Å²) in [6, 6.07) is 4.43. The highest BCUT2D eigenvalue weighted by Gasteiger charge is 2.37. The molecule has 2 aromatic carbocycles. The van der Waals surface area contributed by atoms with Gasteiger partial charge in [-0.3, -0.25) is 4.79 Å². The van der Waals surface area contributed by atoms with E-state index in [0.717, 1.165) is 0 Å². The number of hydrogen-bond acceptors (Lipinski definition) is 6. The maximum absolute atomic E-state index is 14.2. The average Bonchev–Trinajstić information content (AvgIpc) is 3.09. The van der Waals surface area contributed by atoms with Crippen LogP contribution >= 0.6 is 0 Å². The molecule has 0 spiro atoms. The predicted octanol–water partition coefficient (Wildman–Crippen LogP) is 4.53. The molecule has 0 aliphatic carbocycles. The lowest BCUT2D eigenvalue weighted by atomic mass is 10.1. The first-order chi connectivity index (χ1) is 16.6. The van der Waals surface area contributed by atoms with Gasteiger partial charge in [-0.2, -0.15) is 10.1 Å². The first-order valence-corrected chi connectivity index (χ1v) is 10.3. The third-order valence-electron chi connectivity index (χ3n) is 4.69. The van der Waals surface area contributed by atoms with Crippen LogP contribution in [0.15, 0.2) is 28.9 Å². The van der Waals surface area contributed by atoms with E-state index >= 15 is 0 Å². The Labute approximate surface area is 196 Å². The first kappa shape index (κ1) is 25.7. The van der Waals surface area contributed by atoms with Crippen LogP contribution in [0.5, 0.6) is 11.5 Å². The smallest absolute Gasteiger partial charge is 0.344 e. The van der Waals surface area contributed by atoms with Crippen molar-refractivity contribution in [2.45, 2.75) is 20.8 Å². The SMILES string of the molecule is CCOC(=O)COc1ccc(/C=C2/C(=O)N(c3c(F)c(F)c(F)c(F)c3F)N=C2C)cc1OCC. The molecule has 2 aromatic rings. The number of ether oxygens (including phenoxy) is 3. The van der Waals surface area contributed by atoms with Crippen LogP contribution in [-0.2, 0) is 14.3 Å². The van der Waals surface area contributed by atoms with Crippen molar-refractivity contribution in [3.05, 3.63) is 58.4 Å². The van der Waals surface area contributed by atoms with Crippen LogP contribution in [0.1, 0.15) is 26.3 Å². The second-order valence-electron chi connectivity index (χ2n) is 7.01. The Kier molecular flexibility index (Phi) is 7.72. The second kappa shape index (κ2) is 10.5. The van der Waals surface area contributed by atoms with Crippen molar-refractivity contribution in [1.29, 1.82) is 0 Å². The minimum atomic E-state index is -2.35. The van der Waals surface area contributed by atoms with Gasteiger partial charge in [0, 0.05) is 0 Å². The molecule has 12 heteroatoms. The van der Waals surface area contributed by atoms with E-state index < -0.39 is 46.6 Å². The summed E-state index contributed by atoms with van der Waals surface area (Å²) in [6.45, 7) is 4.74. The number of halogens is 5. The van der Waals surface area contributed by atoms with Crippen LogP contribution in [0.2, 0.25) is 0 Å². The summed E-state index contributed by atoms with van der Waals surface area (Å²) < 4.78 is 84.7. The van der Waals surface area contributed by atoms with Crippen molar-refractivity contribution in [3.63, 3.8) is 0 Å². The van der Waals surface area contributed by atoms with Crippen molar-refractivity contribution in [2.75, 3.05) is 24.8 Å². The van der Waals surface area contributed by atoms with E-state index in [0.29, 0.717) is 5.56 Å². The Balaban J connectivity index is 1.94. The lowest BCUT2D eigenvalue weighted by Gasteiger charge is -2.15. The molecule has 7 nitrogen and oxygen atoms in total. The summed E-state index contributed by atoms with van der Waals surface area (Å²) in [6.07, 6.45) is 1.30. The second-order valence-corrected chi connectivity index (χ2v) is 7.01. The van der Waals surface area contributed by atoms with Gasteiger partial charge in [-0.05, 0) is 44.5 Å². The molecule has 1 amide bonds. The quantitative estimate of drug-likeness (QED) is 0.176. The topological polar surface area (TPSA) is 77.4 Å². The first-order valence-electron chi connectivity index (χ1n) is 10.3. The molecule has 0 fully saturated rings. The van der Waals surface area contributed by atoms with Crippen LogP contribution in [0, 0.1) is 29.1 Å². The molecule has 1 heterocycles. The van der Waals surface area contributed by atoms with Crippen molar-refractivity contribution in [1.82, 2.24) is 0 Å². The van der Waals surface area contributed by atoms with Crippen molar-refractivity contribution in [3.8, 4) is 11.5 Å². The molecule has 1 aliphatic heterocycles. The molecule has 0 unspecified atom stereocenters. The maximum atomic E-state index is 14.2. The summed E-state index contributed by atoms with van der Waals surface area (Å²) >= 11 is 0. The number of hydrogen-bond donors (Lipinski definition) is 0. The van der Waals surface area contributed by atoms with Crippen LogP contribution in [0.4, 0.5) is 27.6 Å². The number of carbonyl (C=O) groups excluding carboxylic acids is 2. The van der Waals surface area contributed by atoms with Gasteiger partial charge in [0.1, 0.15) is 5.69 Å². The van der Waals surface area contributed by atoms with Gasteiger partial charge in [0.05, 0.1) is 24.5 Å². The highest BCUT2D eigenvalue weighted by atomic mass is 19.2. The Morgan fingerprint density at radius 1 is 0.943 bits per heavy atom. The molecule has 0 radical (unpaired) electrons. The molecule has 0 bridgehead atoms. The zero-order chi connectivity index (χ0) is 25.9. The summed E-state index contributed by atoms with van der Waals surface area (Å²) in [5.41, 5.74) is -1.29. The van der Waals surface area contributed by atoms with Gasteiger partial charge in [-0.25, -0.2) is 26.7 Å². The standard InChI is InChI=1S/C23H19F5N2O5/c1-4-33-15-9-12(6-7-14(15)35-10-16(31)34-5-2)8-13-11(3)29-30(23(13)32)22-20(27)18(25)17(24)19(26)21(22)28/h6-9H,4-5,10H2,1-3H3/b13-8+. The summed E-state index contributed by atoms with van der Waals surface area (Å²) in [5, 5.41) is 3.81. The average molecular weight is 498 g/mol. The molecule has 35 heavy (non-hydrogen) atoms. The fraction of sp³-hybridized carbons (Fsp3) is 0.261. The van der Waals surface area contributed by atoms with Crippen LogP contribution in [-0.4, -0.2) is 37.4 Å². The van der Waals surface area contributed by atoms with E-state index in [1.807, 2.05) is 0 Å². The van der Waals surface area contributed by atoms with Gasteiger partial charge in [-0.15, -0.1) is 0 Å².